The lowest BCUT2D eigenvalue weighted by atomic mass is 9.99. The van der Waals surface area contributed by atoms with Crippen LogP contribution >= 0.6 is 0 Å². The molecular formula is C13H12N2O2. The smallest absolute Gasteiger partial charge is 0.249 e. The standard InChI is InChI=1S/C13H12N2O2/c1-17-12-8-15-7-6-10(12)9-4-2-3-5-11(9)13(14)16/h2-8H,1H3,(H2,14,16). The fourth-order valence-corrected chi connectivity index (χ4v) is 1.70. The van der Waals surface area contributed by atoms with E-state index >= 15 is 0 Å². The summed E-state index contributed by atoms with van der Waals surface area (Å²) in [4.78, 5) is 15.3. The minimum absolute atomic E-state index is 0.459. The number of benzene rings is 1. The molecule has 2 N–H and O–H groups in total. The second-order valence-electron chi connectivity index (χ2n) is 3.49. The molecule has 0 fully saturated rings. The van der Waals surface area contributed by atoms with Gasteiger partial charge in [-0.2, -0.15) is 0 Å². The fourth-order valence-electron chi connectivity index (χ4n) is 1.70. The number of nitrogens with two attached hydrogens (primary N) is 1. The minimum Gasteiger partial charge on any atom is -0.494 e. The van der Waals surface area contributed by atoms with Gasteiger partial charge in [0.1, 0.15) is 5.75 Å². The van der Waals surface area contributed by atoms with E-state index in [4.69, 9.17) is 10.5 Å². The van der Waals surface area contributed by atoms with Crippen molar-refractivity contribution in [2.45, 2.75) is 0 Å². The van der Waals surface area contributed by atoms with Gasteiger partial charge in [0.2, 0.25) is 5.91 Å². The first-order chi connectivity index (χ1) is 8.24. The summed E-state index contributed by atoms with van der Waals surface area (Å²) in [6.07, 6.45) is 3.25. The third-order valence-corrected chi connectivity index (χ3v) is 2.49. The van der Waals surface area contributed by atoms with Crippen LogP contribution in [-0.2, 0) is 0 Å². The van der Waals surface area contributed by atoms with Crippen LogP contribution in [0, 0.1) is 0 Å². The normalized spacial score (nSPS) is 9.94. The van der Waals surface area contributed by atoms with Crippen molar-refractivity contribution in [3.8, 4) is 16.9 Å². The van der Waals surface area contributed by atoms with Crippen LogP contribution in [0.1, 0.15) is 10.4 Å². The van der Waals surface area contributed by atoms with Gasteiger partial charge in [0.05, 0.1) is 13.3 Å². The average molecular weight is 228 g/mol. The first-order valence-electron chi connectivity index (χ1n) is 5.11. The topological polar surface area (TPSA) is 65.2 Å². The van der Waals surface area contributed by atoms with Crippen LogP contribution in [0.15, 0.2) is 42.7 Å². The maximum absolute atomic E-state index is 11.4. The predicted molar refractivity (Wildman–Crippen MR) is 64.7 cm³/mol. The van der Waals surface area contributed by atoms with Crippen molar-refractivity contribution in [2.24, 2.45) is 5.73 Å². The van der Waals surface area contributed by atoms with Gasteiger partial charge in [0, 0.05) is 17.3 Å². The molecule has 1 amide bonds. The Hall–Kier alpha value is -2.36. The van der Waals surface area contributed by atoms with E-state index in [0.29, 0.717) is 11.3 Å². The number of hydrogen-bond acceptors (Lipinski definition) is 3. The number of methoxy groups -OCH3 is 1. The lowest BCUT2D eigenvalue weighted by Gasteiger charge is -2.10. The summed E-state index contributed by atoms with van der Waals surface area (Å²) in [6.45, 7) is 0. The molecule has 0 saturated heterocycles. The van der Waals surface area contributed by atoms with Crippen molar-refractivity contribution >= 4 is 5.91 Å². The molecule has 0 spiro atoms. The molecule has 0 bridgehead atoms. The lowest BCUT2D eigenvalue weighted by Crippen LogP contribution is -2.12. The van der Waals surface area contributed by atoms with Crippen LogP contribution < -0.4 is 10.5 Å². The zero-order valence-electron chi connectivity index (χ0n) is 9.38. The number of aromatic nitrogens is 1. The van der Waals surface area contributed by atoms with E-state index in [1.54, 1.807) is 37.7 Å². The maximum atomic E-state index is 11.4. The van der Waals surface area contributed by atoms with Gasteiger partial charge in [0.25, 0.3) is 0 Å². The maximum Gasteiger partial charge on any atom is 0.249 e. The van der Waals surface area contributed by atoms with Crippen molar-refractivity contribution in [3.63, 3.8) is 0 Å². The monoisotopic (exact) mass is 228 g/mol. The van der Waals surface area contributed by atoms with E-state index in [-0.39, 0.29) is 0 Å². The summed E-state index contributed by atoms with van der Waals surface area (Å²) >= 11 is 0. The summed E-state index contributed by atoms with van der Waals surface area (Å²) in [6, 6.07) is 8.94. The molecule has 0 aliphatic rings. The van der Waals surface area contributed by atoms with E-state index in [2.05, 4.69) is 4.98 Å². The average Bonchev–Trinajstić information content (AvgIpc) is 2.38. The van der Waals surface area contributed by atoms with Crippen LogP contribution in [0.4, 0.5) is 0 Å². The first-order valence-corrected chi connectivity index (χ1v) is 5.11. The van der Waals surface area contributed by atoms with Crippen LogP contribution in [-0.4, -0.2) is 18.0 Å². The number of hydrogen-bond donors (Lipinski definition) is 1. The third kappa shape index (κ3) is 2.10. The largest absolute Gasteiger partial charge is 0.494 e. The highest BCUT2D eigenvalue weighted by Gasteiger charge is 2.12. The van der Waals surface area contributed by atoms with E-state index in [1.165, 1.54) is 0 Å². The minimum atomic E-state index is -0.459. The zero-order chi connectivity index (χ0) is 12.3. The summed E-state index contributed by atoms with van der Waals surface area (Å²) in [5.41, 5.74) is 7.37. The number of rotatable bonds is 3. The molecule has 1 aromatic heterocycles. The molecule has 86 valence electrons. The summed E-state index contributed by atoms with van der Waals surface area (Å²) < 4.78 is 5.22. The van der Waals surface area contributed by atoms with Gasteiger partial charge in [-0.3, -0.25) is 9.78 Å². The molecule has 1 heterocycles. The quantitative estimate of drug-likeness (QED) is 0.871. The summed E-state index contributed by atoms with van der Waals surface area (Å²) in [5.74, 6) is 0.153. The highest BCUT2D eigenvalue weighted by atomic mass is 16.5. The Morgan fingerprint density at radius 2 is 2.00 bits per heavy atom. The third-order valence-electron chi connectivity index (χ3n) is 2.49. The molecular weight excluding hydrogens is 216 g/mol. The molecule has 0 atom stereocenters. The molecule has 0 saturated carbocycles. The van der Waals surface area contributed by atoms with Crippen LogP contribution in [0.25, 0.3) is 11.1 Å². The molecule has 0 radical (unpaired) electrons. The Bertz CT molecular complexity index is 553. The highest BCUT2D eigenvalue weighted by molar-refractivity contribution is 6.00. The highest BCUT2D eigenvalue weighted by Crippen LogP contribution is 2.30. The molecule has 17 heavy (non-hydrogen) atoms. The second kappa shape index (κ2) is 4.65. The number of pyridine rings is 1. The number of carbonyl (C=O) groups excluding carboxylic acids is 1. The summed E-state index contributed by atoms with van der Waals surface area (Å²) in [5, 5.41) is 0. The predicted octanol–water partition coefficient (Wildman–Crippen LogP) is 1.86. The lowest BCUT2D eigenvalue weighted by molar-refractivity contribution is 0.100. The Morgan fingerprint density at radius 3 is 2.71 bits per heavy atom. The number of amides is 1. The SMILES string of the molecule is COc1cnccc1-c1ccccc1C(N)=O. The van der Waals surface area contributed by atoms with Gasteiger partial charge in [-0.05, 0) is 17.7 Å². The van der Waals surface area contributed by atoms with Gasteiger partial charge in [0.15, 0.2) is 0 Å². The molecule has 4 nitrogen and oxygen atoms in total. The van der Waals surface area contributed by atoms with Gasteiger partial charge in [-0.25, -0.2) is 0 Å². The number of carbonyl (C=O) groups is 1. The van der Waals surface area contributed by atoms with Crippen molar-refractivity contribution in [2.75, 3.05) is 7.11 Å². The van der Waals surface area contributed by atoms with Crippen molar-refractivity contribution in [1.82, 2.24) is 4.98 Å². The molecule has 0 aliphatic carbocycles. The van der Waals surface area contributed by atoms with E-state index in [1.807, 2.05) is 12.1 Å². The van der Waals surface area contributed by atoms with Crippen molar-refractivity contribution in [3.05, 3.63) is 48.3 Å². The van der Waals surface area contributed by atoms with Crippen LogP contribution in [0.5, 0.6) is 5.75 Å². The van der Waals surface area contributed by atoms with Gasteiger partial charge < -0.3 is 10.5 Å². The van der Waals surface area contributed by atoms with Crippen molar-refractivity contribution in [1.29, 1.82) is 0 Å². The molecule has 2 rings (SSSR count). The molecule has 4 heteroatoms. The second-order valence-corrected chi connectivity index (χ2v) is 3.49. The van der Waals surface area contributed by atoms with Gasteiger partial charge in [-0.15, -0.1) is 0 Å². The Balaban J connectivity index is 2.64. The van der Waals surface area contributed by atoms with Crippen LogP contribution in [0.2, 0.25) is 0 Å². The number of nitrogens with zero attached hydrogens (tertiary/aromatic N) is 1. The molecule has 1 aromatic carbocycles. The van der Waals surface area contributed by atoms with Crippen LogP contribution in [0.3, 0.4) is 0 Å². The zero-order valence-corrected chi connectivity index (χ0v) is 9.38. The molecule has 0 unspecified atom stereocenters. The van der Waals surface area contributed by atoms with Gasteiger partial charge in [-0.1, -0.05) is 18.2 Å². The van der Waals surface area contributed by atoms with Gasteiger partial charge >= 0.3 is 0 Å². The Morgan fingerprint density at radius 1 is 1.24 bits per heavy atom. The Labute approximate surface area is 99.1 Å². The number of primary amides is 1. The van der Waals surface area contributed by atoms with E-state index in [0.717, 1.165) is 11.1 Å². The van der Waals surface area contributed by atoms with E-state index in [9.17, 15) is 4.79 Å². The summed E-state index contributed by atoms with van der Waals surface area (Å²) in [7, 11) is 1.56. The fraction of sp³-hybridized carbons (Fsp3) is 0.0769. The molecule has 0 aliphatic heterocycles. The Kier molecular flexibility index (Phi) is 3.05. The first kappa shape index (κ1) is 11.1. The number of ether oxygens (including phenoxy) is 1. The molecule has 2 aromatic rings. The van der Waals surface area contributed by atoms with Crippen molar-refractivity contribution < 1.29 is 9.53 Å². The van der Waals surface area contributed by atoms with E-state index < -0.39 is 5.91 Å².